The summed E-state index contributed by atoms with van der Waals surface area (Å²) in [5.74, 6) is 0.00616. The van der Waals surface area contributed by atoms with E-state index in [-0.39, 0.29) is 11.9 Å². The maximum Gasteiger partial charge on any atom is 0.234 e. The predicted molar refractivity (Wildman–Crippen MR) is 69.6 cm³/mol. The summed E-state index contributed by atoms with van der Waals surface area (Å²) in [7, 11) is 0. The van der Waals surface area contributed by atoms with Crippen LogP contribution in [-0.2, 0) is 4.79 Å². The molecular formula is C14H18N2O2. The van der Waals surface area contributed by atoms with E-state index < -0.39 is 5.41 Å². The standard InChI is InChI=1S/C14H18N2O2/c1-10(11-7-5-4-6-8-11)16-9-12(15-18)14(2,3)13(16)17/h4-8,10,18H,9H2,1-3H3/b15-12-. The Kier molecular flexibility index (Phi) is 3.11. The van der Waals surface area contributed by atoms with Crippen LogP contribution < -0.4 is 0 Å². The van der Waals surface area contributed by atoms with Crippen molar-refractivity contribution in [1.82, 2.24) is 4.90 Å². The van der Waals surface area contributed by atoms with Crippen molar-refractivity contribution in [2.45, 2.75) is 26.8 Å². The van der Waals surface area contributed by atoms with E-state index in [1.807, 2.05) is 37.3 Å². The molecule has 0 aromatic heterocycles. The van der Waals surface area contributed by atoms with E-state index in [1.54, 1.807) is 18.7 Å². The monoisotopic (exact) mass is 246 g/mol. The molecule has 0 radical (unpaired) electrons. The number of likely N-dealkylation sites (tertiary alicyclic amines) is 1. The zero-order valence-corrected chi connectivity index (χ0v) is 10.9. The normalized spacial score (nSPS) is 22.5. The van der Waals surface area contributed by atoms with Gasteiger partial charge in [-0.1, -0.05) is 35.5 Å². The lowest BCUT2D eigenvalue weighted by Crippen LogP contribution is -2.33. The van der Waals surface area contributed by atoms with Crippen LogP contribution in [0.25, 0.3) is 0 Å². The first-order valence-electron chi connectivity index (χ1n) is 6.06. The van der Waals surface area contributed by atoms with Crippen LogP contribution >= 0.6 is 0 Å². The quantitative estimate of drug-likeness (QED) is 0.643. The molecule has 0 bridgehead atoms. The van der Waals surface area contributed by atoms with E-state index in [2.05, 4.69) is 5.16 Å². The molecule has 1 fully saturated rings. The van der Waals surface area contributed by atoms with Gasteiger partial charge in [-0.05, 0) is 26.3 Å². The Morgan fingerprint density at radius 2 is 1.94 bits per heavy atom. The van der Waals surface area contributed by atoms with Crippen molar-refractivity contribution in [1.29, 1.82) is 0 Å². The number of rotatable bonds is 2. The van der Waals surface area contributed by atoms with Gasteiger partial charge in [-0.2, -0.15) is 0 Å². The first-order chi connectivity index (χ1) is 8.48. The Bertz CT molecular complexity index is 480. The molecule has 2 rings (SSSR count). The van der Waals surface area contributed by atoms with Crippen LogP contribution in [0.4, 0.5) is 0 Å². The number of hydrogen-bond donors (Lipinski definition) is 1. The summed E-state index contributed by atoms with van der Waals surface area (Å²) in [6.45, 7) is 5.96. The van der Waals surface area contributed by atoms with Gasteiger partial charge in [0.2, 0.25) is 5.91 Å². The largest absolute Gasteiger partial charge is 0.411 e. The van der Waals surface area contributed by atoms with E-state index in [9.17, 15) is 4.79 Å². The third kappa shape index (κ3) is 1.88. The molecule has 1 aromatic carbocycles. The SMILES string of the molecule is CC(c1ccccc1)N1C/C(=N/O)C(C)(C)C1=O. The van der Waals surface area contributed by atoms with Crippen LogP contribution in [0.1, 0.15) is 32.4 Å². The summed E-state index contributed by atoms with van der Waals surface area (Å²) in [6, 6.07) is 9.85. The predicted octanol–water partition coefficient (Wildman–Crippen LogP) is 2.45. The van der Waals surface area contributed by atoms with Crippen LogP contribution in [0.5, 0.6) is 0 Å². The minimum Gasteiger partial charge on any atom is -0.411 e. The average molecular weight is 246 g/mol. The first-order valence-corrected chi connectivity index (χ1v) is 6.06. The average Bonchev–Trinajstić information content (AvgIpc) is 2.61. The van der Waals surface area contributed by atoms with E-state index in [0.717, 1.165) is 5.56 Å². The molecule has 0 aliphatic carbocycles. The molecule has 1 amide bonds. The summed E-state index contributed by atoms with van der Waals surface area (Å²) < 4.78 is 0. The smallest absolute Gasteiger partial charge is 0.234 e. The fraction of sp³-hybridized carbons (Fsp3) is 0.429. The highest BCUT2D eigenvalue weighted by molar-refractivity contribution is 6.14. The van der Waals surface area contributed by atoms with Gasteiger partial charge in [0.25, 0.3) is 0 Å². The van der Waals surface area contributed by atoms with Gasteiger partial charge in [-0.15, -0.1) is 0 Å². The van der Waals surface area contributed by atoms with E-state index >= 15 is 0 Å². The highest BCUT2D eigenvalue weighted by Crippen LogP contribution is 2.34. The van der Waals surface area contributed by atoms with Gasteiger partial charge < -0.3 is 10.1 Å². The summed E-state index contributed by atoms with van der Waals surface area (Å²) >= 11 is 0. The lowest BCUT2D eigenvalue weighted by atomic mass is 9.90. The fourth-order valence-electron chi connectivity index (χ4n) is 2.29. The number of nitrogens with zero attached hydrogens (tertiary/aromatic N) is 2. The number of carbonyl (C=O) groups excluding carboxylic acids is 1. The van der Waals surface area contributed by atoms with Crippen molar-refractivity contribution in [3.05, 3.63) is 35.9 Å². The molecule has 1 atom stereocenters. The Balaban J connectivity index is 2.29. The van der Waals surface area contributed by atoms with Crippen molar-refractivity contribution in [3.63, 3.8) is 0 Å². The van der Waals surface area contributed by atoms with Crippen LogP contribution in [0.15, 0.2) is 35.5 Å². The maximum atomic E-state index is 12.3. The van der Waals surface area contributed by atoms with Gasteiger partial charge in [0.05, 0.1) is 23.7 Å². The van der Waals surface area contributed by atoms with Gasteiger partial charge in [0.15, 0.2) is 0 Å². The molecule has 1 heterocycles. The highest BCUT2D eigenvalue weighted by Gasteiger charge is 2.46. The van der Waals surface area contributed by atoms with Gasteiger partial charge in [-0.3, -0.25) is 4.79 Å². The molecule has 4 nitrogen and oxygen atoms in total. The Hall–Kier alpha value is -1.84. The molecule has 1 aliphatic rings. The molecule has 4 heteroatoms. The van der Waals surface area contributed by atoms with E-state index in [0.29, 0.717) is 12.3 Å². The topological polar surface area (TPSA) is 52.9 Å². The second-order valence-corrected chi connectivity index (χ2v) is 5.19. The van der Waals surface area contributed by atoms with E-state index in [1.165, 1.54) is 0 Å². The van der Waals surface area contributed by atoms with Crippen molar-refractivity contribution in [2.24, 2.45) is 10.6 Å². The Morgan fingerprint density at radius 3 is 2.44 bits per heavy atom. The van der Waals surface area contributed by atoms with Gasteiger partial charge >= 0.3 is 0 Å². The molecule has 1 aromatic rings. The Morgan fingerprint density at radius 1 is 1.33 bits per heavy atom. The minimum atomic E-state index is -0.711. The molecule has 1 N–H and O–H groups in total. The van der Waals surface area contributed by atoms with Gasteiger partial charge in [0, 0.05) is 0 Å². The minimum absolute atomic E-state index is 0.00616. The number of benzene rings is 1. The van der Waals surface area contributed by atoms with Crippen molar-refractivity contribution in [2.75, 3.05) is 6.54 Å². The number of amides is 1. The zero-order chi connectivity index (χ0) is 13.3. The summed E-state index contributed by atoms with van der Waals surface area (Å²) in [5, 5.41) is 12.3. The van der Waals surface area contributed by atoms with E-state index in [4.69, 9.17) is 5.21 Å². The number of oxime groups is 1. The second kappa shape index (κ2) is 4.44. The van der Waals surface area contributed by atoms with Crippen molar-refractivity contribution in [3.8, 4) is 0 Å². The summed E-state index contributed by atoms with van der Waals surface area (Å²) in [4.78, 5) is 14.1. The van der Waals surface area contributed by atoms with Crippen LogP contribution in [-0.4, -0.2) is 28.3 Å². The van der Waals surface area contributed by atoms with Crippen LogP contribution in [0, 0.1) is 5.41 Å². The van der Waals surface area contributed by atoms with Crippen LogP contribution in [0.3, 0.4) is 0 Å². The molecule has 1 unspecified atom stereocenters. The molecule has 96 valence electrons. The number of hydrogen-bond acceptors (Lipinski definition) is 3. The van der Waals surface area contributed by atoms with Crippen molar-refractivity contribution < 1.29 is 10.0 Å². The number of carbonyl (C=O) groups is 1. The Labute approximate surface area is 107 Å². The molecule has 18 heavy (non-hydrogen) atoms. The fourth-order valence-corrected chi connectivity index (χ4v) is 2.29. The molecule has 0 saturated carbocycles. The molecule has 1 aliphatic heterocycles. The highest BCUT2D eigenvalue weighted by atomic mass is 16.4. The van der Waals surface area contributed by atoms with Crippen molar-refractivity contribution >= 4 is 11.6 Å². The molecular weight excluding hydrogens is 228 g/mol. The zero-order valence-electron chi connectivity index (χ0n) is 10.9. The second-order valence-electron chi connectivity index (χ2n) is 5.19. The van der Waals surface area contributed by atoms with Crippen LogP contribution in [0.2, 0.25) is 0 Å². The first kappa shape index (κ1) is 12.6. The summed E-state index contributed by atoms with van der Waals surface area (Å²) in [6.07, 6.45) is 0. The third-order valence-corrected chi connectivity index (χ3v) is 3.71. The maximum absolute atomic E-state index is 12.3. The third-order valence-electron chi connectivity index (χ3n) is 3.71. The molecule has 1 saturated heterocycles. The lowest BCUT2D eigenvalue weighted by Gasteiger charge is -2.25. The molecule has 0 spiro atoms. The summed E-state index contributed by atoms with van der Waals surface area (Å²) in [5.41, 5.74) is 0.897. The van der Waals surface area contributed by atoms with Gasteiger partial charge in [-0.25, -0.2) is 0 Å². The van der Waals surface area contributed by atoms with Gasteiger partial charge in [0.1, 0.15) is 0 Å². The lowest BCUT2D eigenvalue weighted by molar-refractivity contribution is -0.135.